The van der Waals surface area contributed by atoms with Crippen LogP contribution in [0.4, 0.5) is 0 Å². The Kier molecular flexibility index (Phi) is 25.8. The third-order valence-electron chi connectivity index (χ3n) is 0. The standard InChI is InChI=1S/K.H3N.H2O.2O.V.H/h;1H3;1H2;;;;/q+1;;;;;+1;-1/p-1. The molecule has 0 aliphatic carbocycles. The van der Waals surface area contributed by atoms with Crippen molar-refractivity contribution >= 4 is 0 Å². The molecule has 0 aromatic carbocycles. The average Bonchev–Trinajstić information content (AvgIpc) is 0.811. The van der Waals surface area contributed by atoms with Crippen molar-refractivity contribution in [2.75, 3.05) is 0 Å². The first-order valence-electron chi connectivity index (χ1n) is 0.565. The minimum atomic E-state index is -3.69. The molecular formula is H5KNO3V. The summed E-state index contributed by atoms with van der Waals surface area (Å²) in [4.78, 5) is 0. The molecule has 0 spiro atoms. The van der Waals surface area contributed by atoms with E-state index in [9.17, 15) is 0 Å². The fourth-order valence-corrected chi connectivity index (χ4v) is 0. The quantitative estimate of drug-likeness (QED) is 0.357. The summed E-state index contributed by atoms with van der Waals surface area (Å²) in [5, 5.41) is 0. The molecule has 34 valence electrons. The zero-order valence-electron chi connectivity index (χ0n) is 4.42. The SMILES string of the molecule is N.[H-].[K+].[O]=[V](=[O])[OH]. The minimum absolute atomic E-state index is 0. The van der Waals surface area contributed by atoms with Gasteiger partial charge in [0.05, 0.1) is 0 Å². The Hall–Kier alpha value is 1.74. The molecule has 0 atom stereocenters. The van der Waals surface area contributed by atoms with Crippen LogP contribution in [0.2, 0.25) is 0 Å². The van der Waals surface area contributed by atoms with E-state index < -0.39 is 15.4 Å². The normalized spacial score (nSPS) is 4.17. The predicted octanol–water partition coefficient (Wildman–Crippen LogP) is -3.52. The van der Waals surface area contributed by atoms with Crippen molar-refractivity contribution in [1.29, 1.82) is 0 Å². The Balaban J connectivity index is -0.0000000150. The van der Waals surface area contributed by atoms with Crippen LogP contribution in [0.1, 0.15) is 1.43 Å². The van der Waals surface area contributed by atoms with Crippen LogP contribution in [0.15, 0.2) is 0 Å². The second-order valence-corrected chi connectivity index (χ2v) is 0.981. The third kappa shape index (κ3) is 42.6. The number of hydrogen-bond donors (Lipinski definition) is 2. The van der Waals surface area contributed by atoms with Gasteiger partial charge in [-0.05, 0) is 0 Å². The van der Waals surface area contributed by atoms with E-state index in [-0.39, 0.29) is 59.0 Å². The molecule has 0 unspecified atom stereocenters. The predicted molar refractivity (Wildman–Crippen MR) is 9.73 cm³/mol. The van der Waals surface area contributed by atoms with Crippen LogP contribution in [0.5, 0.6) is 0 Å². The molecule has 0 aliphatic rings. The second kappa shape index (κ2) is 9.88. The zero-order chi connectivity index (χ0) is 3.58. The molecule has 0 aromatic heterocycles. The summed E-state index contributed by atoms with van der Waals surface area (Å²) in [5.74, 6) is 0. The van der Waals surface area contributed by atoms with Gasteiger partial charge in [-0.1, -0.05) is 0 Å². The van der Waals surface area contributed by atoms with Crippen molar-refractivity contribution in [2.24, 2.45) is 0 Å². The van der Waals surface area contributed by atoms with Crippen LogP contribution in [-0.2, 0) is 22.7 Å². The molecule has 0 radical (unpaired) electrons. The van der Waals surface area contributed by atoms with Crippen molar-refractivity contribution in [3.8, 4) is 0 Å². The fourth-order valence-electron chi connectivity index (χ4n) is 0. The summed E-state index contributed by atoms with van der Waals surface area (Å²) in [5.41, 5.74) is 0. The first-order chi connectivity index (χ1) is 1.73. The molecule has 0 aromatic rings. The molecular weight excluding hydrogens is 152 g/mol. The van der Waals surface area contributed by atoms with Gasteiger partial charge in [0.2, 0.25) is 0 Å². The third-order valence-corrected chi connectivity index (χ3v) is 0. The van der Waals surface area contributed by atoms with E-state index >= 15 is 0 Å². The van der Waals surface area contributed by atoms with E-state index in [0.717, 1.165) is 0 Å². The van der Waals surface area contributed by atoms with Crippen molar-refractivity contribution < 1.29 is 79.6 Å². The number of rotatable bonds is 0. The summed E-state index contributed by atoms with van der Waals surface area (Å²) < 4.78 is 24.4. The van der Waals surface area contributed by atoms with Gasteiger partial charge < -0.3 is 7.58 Å². The van der Waals surface area contributed by atoms with Crippen LogP contribution in [0.3, 0.4) is 0 Å². The van der Waals surface area contributed by atoms with Crippen LogP contribution in [0.25, 0.3) is 0 Å². The Bertz CT molecular complexity index is 63.3. The molecule has 0 bridgehead atoms. The molecule has 0 rings (SSSR count). The Labute approximate surface area is 84.2 Å². The monoisotopic (exact) mass is 157 g/mol. The van der Waals surface area contributed by atoms with Crippen molar-refractivity contribution in [3.05, 3.63) is 0 Å². The first-order valence-corrected chi connectivity index (χ1v) is 2.33. The van der Waals surface area contributed by atoms with Crippen LogP contribution in [-0.4, -0.2) is 4.03 Å². The Morgan fingerprint density at radius 3 is 1.50 bits per heavy atom. The molecule has 0 aliphatic heterocycles. The molecule has 6 heteroatoms. The van der Waals surface area contributed by atoms with Crippen LogP contribution in [0, 0.1) is 0 Å². The summed E-state index contributed by atoms with van der Waals surface area (Å²) in [6.07, 6.45) is 0. The Morgan fingerprint density at radius 1 is 1.50 bits per heavy atom. The topological polar surface area (TPSA) is 89.4 Å². The summed E-state index contributed by atoms with van der Waals surface area (Å²) in [6, 6.07) is 0. The second-order valence-electron chi connectivity index (χ2n) is 0.238. The first kappa shape index (κ1) is 15.6. The molecule has 4 nitrogen and oxygen atoms in total. The van der Waals surface area contributed by atoms with Gasteiger partial charge in [0.15, 0.2) is 0 Å². The molecule has 0 saturated heterocycles. The molecule has 6 heavy (non-hydrogen) atoms. The van der Waals surface area contributed by atoms with Crippen molar-refractivity contribution in [3.63, 3.8) is 0 Å². The van der Waals surface area contributed by atoms with Crippen LogP contribution >= 0.6 is 0 Å². The summed E-state index contributed by atoms with van der Waals surface area (Å²) in [7, 11) is 0. The van der Waals surface area contributed by atoms with Crippen molar-refractivity contribution in [1.82, 2.24) is 6.15 Å². The Morgan fingerprint density at radius 2 is 1.50 bits per heavy atom. The van der Waals surface area contributed by atoms with Crippen molar-refractivity contribution in [2.45, 2.75) is 0 Å². The van der Waals surface area contributed by atoms with E-state index in [1.807, 2.05) is 0 Å². The molecule has 0 amide bonds. The van der Waals surface area contributed by atoms with E-state index in [1.54, 1.807) is 0 Å². The zero-order valence-corrected chi connectivity index (χ0v) is 7.94. The van der Waals surface area contributed by atoms with Gasteiger partial charge in [0, 0.05) is 0 Å². The maximum atomic E-state index is 8.67. The van der Waals surface area contributed by atoms with E-state index in [1.165, 1.54) is 0 Å². The van der Waals surface area contributed by atoms with E-state index in [2.05, 4.69) is 0 Å². The van der Waals surface area contributed by atoms with E-state index in [4.69, 9.17) is 11.4 Å². The van der Waals surface area contributed by atoms with Gasteiger partial charge in [-0.15, -0.1) is 0 Å². The molecule has 4 N–H and O–H groups in total. The summed E-state index contributed by atoms with van der Waals surface area (Å²) in [6.45, 7) is 0. The van der Waals surface area contributed by atoms with Gasteiger partial charge in [-0.25, -0.2) is 0 Å². The fraction of sp³-hybridized carbons (Fsp3) is 0. The van der Waals surface area contributed by atoms with Gasteiger partial charge in [0.25, 0.3) is 0 Å². The van der Waals surface area contributed by atoms with E-state index in [0.29, 0.717) is 0 Å². The van der Waals surface area contributed by atoms with Gasteiger partial charge in [0.1, 0.15) is 0 Å². The average molecular weight is 157 g/mol. The van der Waals surface area contributed by atoms with Crippen LogP contribution < -0.4 is 57.5 Å². The van der Waals surface area contributed by atoms with Gasteiger partial charge >= 0.3 is 78.2 Å². The maximum absolute atomic E-state index is 8.67. The van der Waals surface area contributed by atoms with Gasteiger partial charge in [-0.2, -0.15) is 0 Å². The summed E-state index contributed by atoms with van der Waals surface area (Å²) >= 11 is -3.69. The molecule has 0 saturated carbocycles. The molecule has 0 fully saturated rings. The number of hydrogen-bond acceptors (Lipinski definition) is 3. The molecule has 0 heterocycles. The van der Waals surface area contributed by atoms with Gasteiger partial charge in [-0.3, -0.25) is 0 Å².